The third-order valence-electron chi connectivity index (χ3n) is 4.54. The number of carbonyl (C=O) groups is 2. The van der Waals surface area contributed by atoms with E-state index in [4.69, 9.17) is 11.6 Å². The number of phenolic OH excluding ortho intramolecular Hbond substituents is 1. The van der Waals surface area contributed by atoms with E-state index < -0.39 is 34.0 Å². The van der Waals surface area contributed by atoms with E-state index in [1.165, 1.54) is 42.1 Å². The van der Waals surface area contributed by atoms with E-state index in [2.05, 4.69) is 5.32 Å². The number of carboxylic acids is 1. The number of thioether (sulfide) groups is 1. The first-order valence-electron chi connectivity index (χ1n) is 8.85. The van der Waals surface area contributed by atoms with Crippen LogP contribution in [0.2, 0.25) is 5.02 Å². The topological polar surface area (TPSA) is 124 Å². The maximum atomic E-state index is 13.0. The number of carbonyl (C=O) groups excluding carboxylic acids is 1. The van der Waals surface area contributed by atoms with Crippen LogP contribution in [0.4, 0.5) is 0 Å². The van der Waals surface area contributed by atoms with Crippen LogP contribution in [0.1, 0.15) is 5.56 Å². The van der Waals surface area contributed by atoms with Gasteiger partial charge in [-0.2, -0.15) is 4.31 Å². The summed E-state index contributed by atoms with van der Waals surface area (Å²) in [6.07, 6.45) is -0.0116. The quantitative estimate of drug-likeness (QED) is 0.564. The number of nitrogens with zero attached hydrogens (tertiary/aromatic N) is 1. The summed E-state index contributed by atoms with van der Waals surface area (Å²) < 4.78 is 27.0. The molecule has 11 heteroatoms. The minimum Gasteiger partial charge on any atom is -0.508 e. The monoisotopic (exact) mass is 470 g/mol. The van der Waals surface area contributed by atoms with Crippen molar-refractivity contribution >= 4 is 45.3 Å². The average Bonchev–Trinajstić information content (AvgIpc) is 3.20. The second-order valence-corrected chi connectivity index (χ2v) is 9.96. The summed E-state index contributed by atoms with van der Waals surface area (Å²) in [6.45, 7) is 0. The first-order valence-corrected chi connectivity index (χ1v) is 11.8. The summed E-state index contributed by atoms with van der Waals surface area (Å²) in [7, 11) is -3.98. The lowest BCUT2D eigenvalue weighted by molar-refractivity contribution is -0.142. The lowest BCUT2D eigenvalue weighted by Gasteiger charge is -2.24. The number of carboxylic acid groups (broad SMARTS) is 1. The van der Waals surface area contributed by atoms with Crippen LogP contribution in [0.15, 0.2) is 53.4 Å². The SMILES string of the molecule is O=C(O)[C@H](Cc1ccc(O)cc1)NC(=O)[C@@H]1CSCN1S(=O)(=O)c1cccc(Cl)c1. The molecule has 30 heavy (non-hydrogen) atoms. The van der Waals surface area contributed by atoms with E-state index >= 15 is 0 Å². The molecule has 8 nitrogen and oxygen atoms in total. The van der Waals surface area contributed by atoms with Gasteiger partial charge in [0.05, 0.1) is 10.8 Å². The number of sulfonamides is 1. The Balaban J connectivity index is 1.77. The van der Waals surface area contributed by atoms with Crippen molar-refractivity contribution in [1.29, 1.82) is 0 Å². The van der Waals surface area contributed by atoms with Crippen molar-refractivity contribution in [3.63, 3.8) is 0 Å². The molecular weight excluding hydrogens is 452 g/mol. The van der Waals surface area contributed by atoms with E-state index in [0.717, 1.165) is 4.31 Å². The fraction of sp³-hybridized carbons (Fsp3) is 0.263. The zero-order valence-corrected chi connectivity index (χ0v) is 18.0. The van der Waals surface area contributed by atoms with Crippen molar-refractivity contribution in [2.24, 2.45) is 0 Å². The van der Waals surface area contributed by atoms with Crippen LogP contribution in [0.25, 0.3) is 0 Å². The molecule has 0 unspecified atom stereocenters. The maximum absolute atomic E-state index is 13.0. The Kier molecular flexibility index (Phi) is 6.91. The van der Waals surface area contributed by atoms with Crippen LogP contribution >= 0.6 is 23.4 Å². The lowest BCUT2D eigenvalue weighted by atomic mass is 10.1. The van der Waals surface area contributed by atoms with Crippen LogP contribution < -0.4 is 5.32 Å². The third-order valence-corrected chi connectivity index (χ3v) is 7.80. The van der Waals surface area contributed by atoms with E-state index in [1.54, 1.807) is 18.2 Å². The summed E-state index contributed by atoms with van der Waals surface area (Å²) in [5.74, 6) is -1.61. The van der Waals surface area contributed by atoms with Gasteiger partial charge in [-0.25, -0.2) is 13.2 Å². The summed E-state index contributed by atoms with van der Waals surface area (Å²) in [4.78, 5) is 24.4. The molecule has 0 spiro atoms. The molecular formula is C19H19ClN2O6S2. The molecule has 3 rings (SSSR count). The van der Waals surface area contributed by atoms with Gasteiger partial charge in [0.2, 0.25) is 15.9 Å². The van der Waals surface area contributed by atoms with Gasteiger partial charge in [0.1, 0.15) is 17.8 Å². The highest BCUT2D eigenvalue weighted by molar-refractivity contribution is 8.00. The first kappa shape index (κ1) is 22.4. The maximum Gasteiger partial charge on any atom is 0.326 e. The van der Waals surface area contributed by atoms with Crippen LogP contribution in [0, 0.1) is 0 Å². The molecule has 1 fully saturated rings. The van der Waals surface area contributed by atoms with Gasteiger partial charge in [-0.1, -0.05) is 29.8 Å². The predicted octanol–water partition coefficient (Wildman–Crippen LogP) is 1.92. The van der Waals surface area contributed by atoms with Gasteiger partial charge in [0, 0.05) is 17.2 Å². The number of rotatable bonds is 7. The van der Waals surface area contributed by atoms with Gasteiger partial charge >= 0.3 is 5.97 Å². The summed E-state index contributed by atoms with van der Waals surface area (Å²) in [5, 5.41) is 21.5. The second-order valence-electron chi connectivity index (χ2n) is 6.64. The van der Waals surface area contributed by atoms with Gasteiger partial charge in [-0.3, -0.25) is 4.79 Å². The Morgan fingerprint density at radius 1 is 1.23 bits per heavy atom. The number of hydrogen-bond acceptors (Lipinski definition) is 6. The fourth-order valence-corrected chi connectivity index (χ4v) is 6.42. The molecule has 0 bridgehead atoms. The van der Waals surface area contributed by atoms with Gasteiger partial charge in [-0.15, -0.1) is 11.8 Å². The van der Waals surface area contributed by atoms with E-state index in [-0.39, 0.29) is 33.7 Å². The minimum absolute atomic E-state index is 0.0116. The first-order chi connectivity index (χ1) is 14.2. The van der Waals surface area contributed by atoms with Gasteiger partial charge in [-0.05, 0) is 35.9 Å². The van der Waals surface area contributed by atoms with Gasteiger partial charge in [0.25, 0.3) is 0 Å². The largest absolute Gasteiger partial charge is 0.508 e. The molecule has 1 saturated heterocycles. The van der Waals surface area contributed by atoms with Crippen LogP contribution in [0.5, 0.6) is 5.75 Å². The molecule has 1 aliphatic heterocycles. The number of aromatic hydroxyl groups is 1. The Morgan fingerprint density at radius 2 is 1.93 bits per heavy atom. The van der Waals surface area contributed by atoms with Crippen LogP contribution in [0.3, 0.4) is 0 Å². The van der Waals surface area contributed by atoms with Crippen molar-refractivity contribution in [2.45, 2.75) is 23.4 Å². The van der Waals surface area contributed by atoms with E-state index in [0.29, 0.717) is 5.56 Å². The number of amides is 1. The Morgan fingerprint density at radius 3 is 2.57 bits per heavy atom. The molecule has 1 aliphatic rings. The molecule has 3 N–H and O–H groups in total. The van der Waals surface area contributed by atoms with Crippen molar-refractivity contribution in [3.05, 3.63) is 59.1 Å². The minimum atomic E-state index is -3.98. The third kappa shape index (κ3) is 5.07. The summed E-state index contributed by atoms with van der Waals surface area (Å²) >= 11 is 7.16. The molecule has 0 radical (unpaired) electrons. The van der Waals surface area contributed by atoms with Crippen molar-refractivity contribution < 1.29 is 28.2 Å². The predicted molar refractivity (Wildman–Crippen MR) is 113 cm³/mol. The summed E-state index contributed by atoms with van der Waals surface area (Å²) in [6, 6.07) is 9.41. The van der Waals surface area contributed by atoms with Crippen molar-refractivity contribution in [2.75, 3.05) is 11.6 Å². The number of nitrogens with one attached hydrogen (secondary N) is 1. The smallest absolute Gasteiger partial charge is 0.326 e. The molecule has 0 saturated carbocycles. The molecule has 1 amide bonds. The molecule has 2 atom stereocenters. The number of aliphatic carboxylic acids is 1. The molecule has 160 valence electrons. The molecule has 0 aromatic heterocycles. The average molecular weight is 471 g/mol. The van der Waals surface area contributed by atoms with Crippen molar-refractivity contribution in [3.8, 4) is 5.75 Å². The number of hydrogen-bond donors (Lipinski definition) is 3. The highest BCUT2D eigenvalue weighted by Crippen LogP contribution is 2.29. The highest BCUT2D eigenvalue weighted by Gasteiger charge is 2.41. The zero-order chi connectivity index (χ0) is 21.9. The number of phenols is 1. The van der Waals surface area contributed by atoms with E-state index in [9.17, 15) is 28.2 Å². The standard InChI is InChI=1S/C19H19ClN2O6S2/c20-13-2-1-3-15(9-13)30(27,28)22-11-29-10-17(22)18(24)21-16(19(25)26)8-12-4-6-14(23)7-5-12/h1-7,9,16-17,23H,8,10-11H2,(H,21,24)(H,25,26)/t16-,17-/m0/s1. The highest BCUT2D eigenvalue weighted by atomic mass is 35.5. The molecule has 0 aliphatic carbocycles. The van der Waals surface area contributed by atoms with Gasteiger partial charge < -0.3 is 15.5 Å². The van der Waals surface area contributed by atoms with E-state index in [1.807, 2.05) is 0 Å². The summed E-state index contributed by atoms with van der Waals surface area (Å²) in [5.41, 5.74) is 0.602. The Labute approximate surface area is 182 Å². The zero-order valence-electron chi connectivity index (χ0n) is 15.6. The molecule has 2 aromatic rings. The molecule has 1 heterocycles. The normalized spacial score (nSPS) is 18.1. The Bertz CT molecular complexity index is 1050. The number of benzene rings is 2. The van der Waals surface area contributed by atoms with Crippen LogP contribution in [-0.4, -0.2) is 58.5 Å². The second kappa shape index (κ2) is 9.25. The molecule has 2 aromatic carbocycles. The Hall–Kier alpha value is -2.27. The number of halogens is 1. The fourth-order valence-electron chi connectivity index (χ4n) is 2.97. The lowest BCUT2D eigenvalue weighted by Crippen LogP contribution is -2.52. The van der Waals surface area contributed by atoms with Gasteiger partial charge in [0.15, 0.2) is 0 Å². The van der Waals surface area contributed by atoms with Crippen LogP contribution in [-0.2, 0) is 26.0 Å². The van der Waals surface area contributed by atoms with Crippen molar-refractivity contribution in [1.82, 2.24) is 9.62 Å².